The Hall–Kier alpha value is -1.90. The summed E-state index contributed by atoms with van der Waals surface area (Å²) in [5, 5.41) is 20.6. The van der Waals surface area contributed by atoms with Crippen molar-refractivity contribution in [3.05, 3.63) is 76.9 Å². The molecule has 1 aliphatic rings. The van der Waals surface area contributed by atoms with E-state index in [0.29, 0.717) is 12.0 Å². The van der Waals surface area contributed by atoms with Crippen LogP contribution in [-0.4, -0.2) is 10.2 Å². The van der Waals surface area contributed by atoms with E-state index in [-0.39, 0.29) is 6.42 Å². The van der Waals surface area contributed by atoms with Crippen LogP contribution in [0.15, 0.2) is 54.6 Å². The minimum Gasteiger partial charge on any atom is -0.362 e. The zero-order valence-corrected chi connectivity index (χ0v) is 11.5. The molecule has 0 spiro atoms. The first-order chi connectivity index (χ1) is 9.58. The van der Waals surface area contributed by atoms with Gasteiger partial charge in [-0.3, -0.25) is 0 Å². The lowest BCUT2D eigenvalue weighted by Crippen LogP contribution is -2.29. The quantitative estimate of drug-likeness (QED) is 0.819. The van der Waals surface area contributed by atoms with Gasteiger partial charge in [0.1, 0.15) is 0 Å². The molecule has 2 heteroatoms. The Labute approximate surface area is 119 Å². The van der Waals surface area contributed by atoms with Gasteiger partial charge in [0.2, 0.25) is 0 Å². The summed E-state index contributed by atoms with van der Waals surface area (Å²) in [4.78, 5) is 0. The molecule has 0 saturated carbocycles. The van der Waals surface area contributed by atoms with Gasteiger partial charge in [0.15, 0.2) is 5.79 Å². The highest BCUT2D eigenvalue weighted by atomic mass is 16.5. The summed E-state index contributed by atoms with van der Waals surface area (Å²) in [5.74, 6) is -1.76. The van der Waals surface area contributed by atoms with E-state index in [2.05, 4.69) is 12.1 Å². The van der Waals surface area contributed by atoms with Gasteiger partial charge < -0.3 is 10.2 Å². The molecular weight excluding hydrogens is 248 g/mol. The molecule has 0 bridgehead atoms. The van der Waals surface area contributed by atoms with Gasteiger partial charge in [0, 0.05) is 12.0 Å². The molecule has 1 aliphatic carbocycles. The Kier molecular flexibility index (Phi) is 3.20. The summed E-state index contributed by atoms with van der Waals surface area (Å²) in [6, 6.07) is 16.0. The van der Waals surface area contributed by atoms with Gasteiger partial charge in [-0.05, 0) is 35.6 Å². The molecule has 2 N–H and O–H groups in total. The molecule has 0 atom stereocenters. The number of benzene rings is 2. The van der Waals surface area contributed by atoms with Crippen molar-refractivity contribution in [2.75, 3.05) is 0 Å². The molecule has 0 saturated heterocycles. The van der Waals surface area contributed by atoms with Crippen LogP contribution in [0.5, 0.6) is 0 Å². The average Bonchev–Trinajstić information content (AvgIpc) is 2.44. The lowest BCUT2D eigenvalue weighted by Gasteiger charge is -2.30. The Morgan fingerprint density at radius 3 is 2.50 bits per heavy atom. The van der Waals surface area contributed by atoms with Crippen LogP contribution in [0.25, 0.3) is 5.57 Å². The lowest BCUT2D eigenvalue weighted by molar-refractivity contribution is -0.167. The lowest BCUT2D eigenvalue weighted by atomic mass is 9.82. The standard InChI is InChI=1S/C18H18O2/c1-13-10-11-18(19,20)17-15(8-5-9-16(13)17)12-14-6-3-2-4-7-14/h2-10,19-20H,11-12H2,1H3. The van der Waals surface area contributed by atoms with Crippen LogP contribution < -0.4 is 0 Å². The Balaban J connectivity index is 2.10. The van der Waals surface area contributed by atoms with Crippen LogP contribution in [0.3, 0.4) is 0 Å². The zero-order chi connectivity index (χ0) is 14.2. The minimum atomic E-state index is -1.76. The van der Waals surface area contributed by atoms with Crippen molar-refractivity contribution in [3.8, 4) is 0 Å². The van der Waals surface area contributed by atoms with Crippen LogP contribution in [0.2, 0.25) is 0 Å². The number of hydrogen-bond donors (Lipinski definition) is 2. The number of aliphatic hydroxyl groups is 2. The van der Waals surface area contributed by atoms with Crippen molar-refractivity contribution in [2.24, 2.45) is 0 Å². The fourth-order valence-corrected chi connectivity index (χ4v) is 2.87. The van der Waals surface area contributed by atoms with Gasteiger partial charge >= 0.3 is 0 Å². The van der Waals surface area contributed by atoms with Crippen LogP contribution in [0, 0.1) is 0 Å². The number of rotatable bonds is 2. The fourth-order valence-electron chi connectivity index (χ4n) is 2.87. The van der Waals surface area contributed by atoms with E-state index < -0.39 is 5.79 Å². The molecule has 0 aromatic heterocycles. The summed E-state index contributed by atoms with van der Waals surface area (Å²) in [7, 11) is 0. The first kappa shape index (κ1) is 13.1. The van der Waals surface area contributed by atoms with Crippen molar-refractivity contribution in [1.82, 2.24) is 0 Å². The number of allylic oxidation sites excluding steroid dienone is 1. The van der Waals surface area contributed by atoms with E-state index in [1.165, 1.54) is 5.56 Å². The van der Waals surface area contributed by atoms with Crippen molar-refractivity contribution in [3.63, 3.8) is 0 Å². The topological polar surface area (TPSA) is 40.5 Å². The number of fused-ring (bicyclic) bond motifs is 1. The van der Waals surface area contributed by atoms with Gasteiger partial charge in [-0.25, -0.2) is 0 Å². The summed E-state index contributed by atoms with van der Waals surface area (Å²) in [6.07, 6.45) is 2.84. The summed E-state index contributed by atoms with van der Waals surface area (Å²) in [5.41, 5.74) is 4.85. The van der Waals surface area contributed by atoms with Gasteiger partial charge in [-0.2, -0.15) is 0 Å². The molecule has 0 aliphatic heterocycles. The van der Waals surface area contributed by atoms with Crippen LogP contribution >= 0.6 is 0 Å². The molecule has 0 unspecified atom stereocenters. The van der Waals surface area contributed by atoms with E-state index in [1.54, 1.807) is 0 Å². The molecule has 2 aromatic carbocycles. The van der Waals surface area contributed by atoms with Gasteiger partial charge in [-0.15, -0.1) is 0 Å². The molecule has 2 nitrogen and oxygen atoms in total. The van der Waals surface area contributed by atoms with E-state index >= 15 is 0 Å². The van der Waals surface area contributed by atoms with Crippen molar-refractivity contribution in [1.29, 1.82) is 0 Å². The molecule has 2 aromatic rings. The van der Waals surface area contributed by atoms with Gasteiger partial charge in [0.05, 0.1) is 0 Å². The second kappa shape index (κ2) is 4.89. The van der Waals surface area contributed by atoms with Crippen LogP contribution in [-0.2, 0) is 12.2 Å². The zero-order valence-electron chi connectivity index (χ0n) is 11.5. The maximum absolute atomic E-state index is 10.3. The highest BCUT2D eigenvalue weighted by Crippen LogP contribution is 2.38. The molecule has 102 valence electrons. The second-order valence-electron chi connectivity index (χ2n) is 5.41. The SMILES string of the molecule is CC1=CCC(O)(O)c2c(Cc3ccccc3)cccc21. The maximum atomic E-state index is 10.3. The summed E-state index contributed by atoms with van der Waals surface area (Å²) in [6.45, 7) is 2.01. The monoisotopic (exact) mass is 266 g/mol. The third-order valence-electron chi connectivity index (χ3n) is 3.91. The van der Waals surface area contributed by atoms with Crippen molar-refractivity contribution < 1.29 is 10.2 Å². The van der Waals surface area contributed by atoms with Crippen LogP contribution in [0.4, 0.5) is 0 Å². The molecule has 0 fully saturated rings. The highest BCUT2D eigenvalue weighted by Gasteiger charge is 2.33. The first-order valence-corrected chi connectivity index (χ1v) is 6.86. The molecule has 3 rings (SSSR count). The molecule has 20 heavy (non-hydrogen) atoms. The molecular formula is C18H18O2. The van der Waals surface area contributed by atoms with E-state index in [9.17, 15) is 10.2 Å². The number of hydrogen-bond acceptors (Lipinski definition) is 2. The predicted octanol–water partition coefficient (Wildman–Crippen LogP) is 3.22. The molecule has 0 heterocycles. The molecule has 0 radical (unpaired) electrons. The van der Waals surface area contributed by atoms with Crippen molar-refractivity contribution in [2.45, 2.75) is 25.6 Å². The fraction of sp³-hybridized carbons (Fsp3) is 0.222. The smallest absolute Gasteiger partial charge is 0.194 e. The van der Waals surface area contributed by atoms with E-state index in [0.717, 1.165) is 16.7 Å². The second-order valence-corrected chi connectivity index (χ2v) is 5.41. The van der Waals surface area contributed by atoms with E-state index in [1.807, 2.05) is 49.4 Å². The van der Waals surface area contributed by atoms with E-state index in [4.69, 9.17) is 0 Å². The highest BCUT2D eigenvalue weighted by molar-refractivity contribution is 5.71. The third kappa shape index (κ3) is 2.28. The van der Waals surface area contributed by atoms with Crippen LogP contribution in [0.1, 0.15) is 35.6 Å². The minimum absolute atomic E-state index is 0.248. The largest absolute Gasteiger partial charge is 0.362 e. The van der Waals surface area contributed by atoms with Gasteiger partial charge in [-0.1, -0.05) is 54.6 Å². The third-order valence-corrected chi connectivity index (χ3v) is 3.91. The van der Waals surface area contributed by atoms with Gasteiger partial charge in [0.25, 0.3) is 0 Å². The molecule has 0 amide bonds. The van der Waals surface area contributed by atoms with Crippen molar-refractivity contribution >= 4 is 5.57 Å². The average molecular weight is 266 g/mol. The Bertz CT molecular complexity index is 654. The first-order valence-electron chi connectivity index (χ1n) is 6.86. The predicted molar refractivity (Wildman–Crippen MR) is 80.1 cm³/mol. The Morgan fingerprint density at radius 1 is 1.00 bits per heavy atom. The summed E-state index contributed by atoms with van der Waals surface area (Å²) >= 11 is 0. The normalized spacial score (nSPS) is 16.4. The summed E-state index contributed by atoms with van der Waals surface area (Å²) < 4.78 is 0. The Morgan fingerprint density at radius 2 is 1.75 bits per heavy atom. The maximum Gasteiger partial charge on any atom is 0.194 e.